The molecule has 0 saturated carbocycles. The summed E-state index contributed by atoms with van der Waals surface area (Å²) in [5.74, 6) is 0.207. The first kappa shape index (κ1) is 18.3. The van der Waals surface area contributed by atoms with Gasteiger partial charge in [0.25, 0.3) is 0 Å². The lowest BCUT2D eigenvalue weighted by Gasteiger charge is -2.18. The fraction of sp³-hybridized carbons (Fsp3) is 0.200. The Morgan fingerprint density at radius 3 is 2.56 bits per heavy atom. The molecule has 2 N–H and O–H groups in total. The van der Waals surface area contributed by atoms with Crippen LogP contribution in [0.2, 0.25) is 0 Å². The highest BCUT2D eigenvalue weighted by Gasteiger charge is 2.17. The Morgan fingerprint density at radius 1 is 1.15 bits per heavy atom. The molecule has 0 radical (unpaired) electrons. The Bertz CT molecular complexity index is 962. The second-order valence-corrected chi connectivity index (χ2v) is 6.01. The Balaban J connectivity index is 1.83. The van der Waals surface area contributed by atoms with Crippen molar-refractivity contribution in [1.82, 2.24) is 4.98 Å². The average molecular weight is 368 g/mol. The molecule has 3 rings (SSSR count). The summed E-state index contributed by atoms with van der Waals surface area (Å²) >= 11 is 0. The molecule has 27 heavy (non-hydrogen) atoms. The van der Waals surface area contributed by atoms with E-state index in [1.54, 1.807) is 56.8 Å². The highest BCUT2D eigenvalue weighted by Crippen LogP contribution is 2.30. The van der Waals surface area contributed by atoms with Gasteiger partial charge in [0.1, 0.15) is 11.5 Å². The summed E-state index contributed by atoms with van der Waals surface area (Å²) in [7, 11) is 3.19. The zero-order valence-corrected chi connectivity index (χ0v) is 15.1. The van der Waals surface area contributed by atoms with Gasteiger partial charge in [0.2, 0.25) is 0 Å². The zero-order chi connectivity index (χ0) is 19.4. The van der Waals surface area contributed by atoms with Gasteiger partial charge < -0.3 is 19.6 Å². The minimum atomic E-state index is -0.877. The van der Waals surface area contributed by atoms with Crippen LogP contribution in [-0.2, 0) is 11.2 Å². The number of benzene rings is 2. The number of methoxy groups -OCH3 is 1. The monoisotopic (exact) mass is 368 g/mol. The maximum atomic E-state index is 12.6. The quantitative estimate of drug-likeness (QED) is 0.690. The number of amides is 1. The smallest absolute Gasteiger partial charge is 0.419 e. The molecular formula is C20H20N2O5. The molecule has 0 unspecified atom stereocenters. The predicted molar refractivity (Wildman–Crippen MR) is 102 cm³/mol. The summed E-state index contributed by atoms with van der Waals surface area (Å²) in [5.41, 5.74) is 2.24. The number of carboxylic acids is 1. The second kappa shape index (κ2) is 7.82. The molecule has 0 saturated heterocycles. The Morgan fingerprint density at radius 2 is 1.89 bits per heavy atom. The molecule has 0 aliphatic heterocycles. The van der Waals surface area contributed by atoms with Gasteiger partial charge in [-0.15, -0.1) is 0 Å². The molecule has 140 valence electrons. The van der Waals surface area contributed by atoms with E-state index in [0.29, 0.717) is 23.6 Å². The number of nitrogens with zero attached hydrogens (tertiary/aromatic N) is 1. The molecule has 7 heteroatoms. The SMILES string of the molecule is COc1ccc(N(C)C(=O)Oc2cccc3[nH]cc(CCC(=O)O)c23)cc1. The number of hydrogen-bond acceptors (Lipinski definition) is 4. The minimum absolute atomic E-state index is 0.000977. The summed E-state index contributed by atoms with van der Waals surface area (Å²) in [6.07, 6.45) is 1.55. The van der Waals surface area contributed by atoms with Crippen molar-refractivity contribution >= 4 is 28.7 Å². The summed E-state index contributed by atoms with van der Waals surface area (Å²) in [6, 6.07) is 12.4. The standard InChI is InChI=1S/C20H20N2O5/c1-22(14-7-9-15(26-2)10-8-14)20(25)27-17-5-3-4-16-19(17)13(12-21-16)6-11-18(23)24/h3-5,7-10,12,21H,6,11H2,1-2H3,(H,23,24). The number of carbonyl (C=O) groups excluding carboxylic acids is 1. The predicted octanol–water partition coefficient (Wildman–Crippen LogP) is 3.83. The molecule has 7 nitrogen and oxygen atoms in total. The van der Waals surface area contributed by atoms with Crippen molar-refractivity contribution < 1.29 is 24.2 Å². The molecule has 0 spiro atoms. The van der Waals surface area contributed by atoms with Gasteiger partial charge in [0.05, 0.1) is 7.11 Å². The fourth-order valence-electron chi connectivity index (χ4n) is 2.82. The van der Waals surface area contributed by atoms with Crippen LogP contribution in [0.3, 0.4) is 0 Å². The number of hydrogen-bond donors (Lipinski definition) is 2. The molecule has 0 aliphatic rings. The highest BCUT2D eigenvalue weighted by atomic mass is 16.6. The third-order valence-corrected chi connectivity index (χ3v) is 4.29. The number of aromatic nitrogens is 1. The summed E-state index contributed by atoms with van der Waals surface area (Å²) in [6.45, 7) is 0. The van der Waals surface area contributed by atoms with E-state index in [9.17, 15) is 9.59 Å². The Hall–Kier alpha value is -3.48. The number of carboxylic acid groups (broad SMARTS) is 1. The fourth-order valence-corrected chi connectivity index (χ4v) is 2.82. The topological polar surface area (TPSA) is 91.9 Å². The number of aryl methyl sites for hydroxylation is 1. The van der Waals surface area contributed by atoms with E-state index in [0.717, 1.165) is 16.5 Å². The molecule has 0 aliphatic carbocycles. The lowest BCUT2D eigenvalue weighted by atomic mass is 10.1. The first-order chi connectivity index (χ1) is 13.0. The lowest BCUT2D eigenvalue weighted by molar-refractivity contribution is -0.136. The maximum Gasteiger partial charge on any atom is 0.419 e. The van der Waals surface area contributed by atoms with E-state index in [4.69, 9.17) is 14.6 Å². The van der Waals surface area contributed by atoms with Crippen LogP contribution >= 0.6 is 0 Å². The second-order valence-electron chi connectivity index (χ2n) is 6.01. The zero-order valence-electron chi connectivity index (χ0n) is 15.1. The number of anilines is 1. The molecule has 3 aromatic rings. The van der Waals surface area contributed by atoms with Gasteiger partial charge in [-0.3, -0.25) is 9.69 Å². The van der Waals surface area contributed by atoms with E-state index < -0.39 is 12.1 Å². The number of carbonyl (C=O) groups is 2. The van der Waals surface area contributed by atoms with Crippen molar-refractivity contribution in [3.05, 3.63) is 54.2 Å². The van der Waals surface area contributed by atoms with E-state index in [1.165, 1.54) is 4.90 Å². The first-order valence-corrected chi connectivity index (χ1v) is 8.40. The number of rotatable bonds is 6. The number of nitrogens with one attached hydrogen (secondary N) is 1. The number of fused-ring (bicyclic) bond motifs is 1. The summed E-state index contributed by atoms with van der Waals surface area (Å²) in [4.78, 5) is 27.9. The Kier molecular flexibility index (Phi) is 5.30. The van der Waals surface area contributed by atoms with Crippen LogP contribution in [0, 0.1) is 0 Å². The maximum absolute atomic E-state index is 12.6. The van der Waals surface area contributed by atoms with Gasteiger partial charge in [-0.2, -0.15) is 0 Å². The molecule has 0 fully saturated rings. The van der Waals surface area contributed by atoms with Crippen LogP contribution in [0.25, 0.3) is 10.9 Å². The first-order valence-electron chi connectivity index (χ1n) is 8.40. The van der Waals surface area contributed by atoms with Crippen molar-refractivity contribution in [2.45, 2.75) is 12.8 Å². The normalized spacial score (nSPS) is 10.6. The number of aromatic amines is 1. The largest absolute Gasteiger partial charge is 0.497 e. The van der Waals surface area contributed by atoms with Gasteiger partial charge in [0, 0.05) is 36.3 Å². The van der Waals surface area contributed by atoms with Crippen LogP contribution in [-0.4, -0.2) is 36.3 Å². The molecule has 1 heterocycles. The molecule has 0 atom stereocenters. The van der Waals surface area contributed by atoms with Gasteiger partial charge in [-0.1, -0.05) is 6.07 Å². The number of aliphatic carboxylic acids is 1. The van der Waals surface area contributed by atoms with E-state index >= 15 is 0 Å². The molecule has 0 bridgehead atoms. The van der Waals surface area contributed by atoms with Crippen LogP contribution in [0.1, 0.15) is 12.0 Å². The third-order valence-electron chi connectivity index (χ3n) is 4.29. The van der Waals surface area contributed by atoms with Gasteiger partial charge in [-0.25, -0.2) is 4.79 Å². The molecule has 2 aromatic carbocycles. The van der Waals surface area contributed by atoms with Crippen molar-refractivity contribution in [1.29, 1.82) is 0 Å². The number of H-pyrrole nitrogens is 1. The molecule has 1 amide bonds. The van der Waals surface area contributed by atoms with Crippen LogP contribution in [0.5, 0.6) is 11.5 Å². The van der Waals surface area contributed by atoms with E-state index in [2.05, 4.69) is 4.98 Å². The van der Waals surface area contributed by atoms with Crippen molar-refractivity contribution in [2.75, 3.05) is 19.1 Å². The summed E-state index contributed by atoms with van der Waals surface area (Å²) < 4.78 is 10.7. The van der Waals surface area contributed by atoms with Crippen molar-refractivity contribution in [3.63, 3.8) is 0 Å². The minimum Gasteiger partial charge on any atom is -0.497 e. The van der Waals surface area contributed by atoms with Crippen LogP contribution in [0.15, 0.2) is 48.7 Å². The van der Waals surface area contributed by atoms with Crippen molar-refractivity contribution in [2.24, 2.45) is 0 Å². The van der Waals surface area contributed by atoms with Crippen LogP contribution < -0.4 is 14.4 Å². The summed E-state index contributed by atoms with van der Waals surface area (Å²) in [5, 5.41) is 9.64. The van der Waals surface area contributed by atoms with Gasteiger partial charge >= 0.3 is 12.1 Å². The third kappa shape index (κ3) is 4.03. The Labute approximate surface area is 156 Å². The van der Waals surface area contributed by atoms with Crippen LogP contribution in [0.4, 0.5) is 10.5 Å². The van der Waals surface area contributed by atoms with Crippen molar-refractivity contribution in [3.8, 4) is 11.5 Å². The van der Waals surface area contributed by atoms with Gasteiger partial charge in [-0.05, 0) is 48.4 Å². The lowest BCUT2D eigenvalue weighted by Crippen LogP contribution is -2.29. The molecular weight excluding hydrogens is 348 g/mol. The average Bonchev–Trinajstić information content (AvgIpc) is 3.10. The highest BCUT2D eigenvalue weighted by molar-refractivity contribution is 5.94. The van der Waals surface area contributed by atoms with E-state index in [1.807, 2.05) is 6.07 Å². The molecule has 1 aromatic heterocycles. The van der Waals surface area contributed by atoms with E-state index in [-0.39, 0.29) is 6.42 Å². The number of ether oxygens (including phenoxy) is 2. The van der Waals surface area contributed by atoms with Gasteiger partial charge in [0.15, 0.2) is 0 Å².